The second-order valence-electron chi connectivity index (χ2n) is 3.94. The molecule has 1 amide bonds. The molecule has 0 aliphatic heterocycles. The highest BCUT2D eigenvalue weighted by Gasteiger charge is 2.16. The van der Waals surface area contributed by atoms with E-state index in [-0.39, 0.29) is 17.6 Å². The molecule has 9 nitrogen and oxygen atoms in total. The van der Waals surface area contributed by atoms with Crippen LogP contribution in [-0.4, -0.2) is 30.9 Å². The third-order valence-electron chi connectivity index (χ3n) is 2.53. The van der Waals surface area contributed by atoms with Crippen molar-refractivity contribution in [1.29, 1.82) is 0 Å². The van der Waals surface area contributed by atoms with E-state index in [0.29, 0.717) is 11.6 Å². The van der Waals surface area contributed by atoms with E-state index in [2.05, 4.69) is 31.1 Å². The second kappa shape index (κ2) is 5.40. The average molecular weight is 262 g/mol. The standard InChI is InChI=1S/C10H14N8O/c1-6(9-17-12-5-18(9)2)13-10(19)7-3-4-8(14-11)16-15-7/h3-6H,11H2,1-2H3,(H,13,19)(H,14,16). The summed E-state index contributed by atoms with van der Waals surface area (Å²) in [4.78, 5) is 11.9. The highest BCUT2D eigenvalue weighted by molar-refractivity contribution is 5.92. The van der Waals surface area contributed by atoms with E-state index in [1.165, 1.54) is 6.07 Å². The van der Waals surface area contributed by atoms with Crippen molar-refractivity contribution < 1.29 is 4.79 Å². The van der Waals surface area contributed by atoms with Crippen LogP contribution in [0.3, 0.4) is 0 Å². The van der Waals surface area contributed by atoms with Crippen LogP contribution in [0.2, 0.25) is 0 Å². The Kier molecular flexibility index (Phi) is 3.66. The number of hydrogen-bond donors (Lipinski definition) is 3. The maximum atomic E-state index is 11.9. The molecule has 0 fully saturated rings. The van der Waals surface area contributed by atoms with Gasteiger partial charge in [0, 0.05) is 7.05 Å². The molecule has 2 aromatic rings. The Morgan fingerprint density at radius 2 is 2.16 bits per heavy atom. The summed E-state index contributed by atoms with van der Waals surface area (Å²) in [7, 11) is 1.81. The van der Waals surface area contributed by atoms with Crippen LogP contribution < -0.4 is 16.6 Å². The van der Waals surface area contributed by atoms with Crippen molar-refractivity contribution in [3.63, 3.8) is 0 Å². The highest BCUT2D eigenvalue weighted by atomic mass is 16.2. The Morgan fingerprint density at radius 3 is 2.68 bits per heavy atom. The van der Waals surface area contributed by atoms with Crippen molar-refractivity contribution in [2.45, 2.75) is 13.0 Å². The van der Waals surface area contributed by atoms with Gasteiger partial charge < -0.3 is 15.3 Å². The van der Waals surface area contributed by atoms with Gasteiger partial charge in [0.05, 0.1) is 6.04 Å². The van der Waals surface area contributed by atoms with Crippen LogP contribution in [0, 0.1) is 0 Å². The van der Waals surface area contributed by atoms with Crippen LogP contribution in [0.1, 0.15) is 29.3 Å². The number of hydrazine groups is 1. The molecule has 2 rings (SSSR count). The molecule has 0 spiro atoms. The van der Waals surface area contributed by atoms with Gasteiger partial charge in [-0.3, -0.25) is 4.79 Å². The number of hydrogen-bond acceptors (Lipinski definition) is 7. The molecule has 0 aliphatic carbocycles. The van der Waals surface area contributed by atoms with Gasteiger partial charge in [-0.15, -0.1) is 20.4 Å². The lowest BCUT2D eigenvalue weighted by molar-refractivity contribution is 0.0931. The molecule has 0 saturated carbocycles. The molecule has 2 heterocycles. The van der Waals surface area contributed by atoms with Crippen molar-refractivity contribution in [2.24, 2.45) is 12.9 Å². The minimum absolute atomic E-state index is 0.202. The minimum atomic E-state index is -0.341. The van der Waals surface area contributed by atoms with E-state index in [0.717, 1.165) is 0 Å². The summed E-state index contributed by atoms with van der Waals surface area (Å²) in [6.45, 7) is 1.81. The molecular formula is C10H14N8O. The fraction of sp³-hybridized carbons (Fsp3) is 0.300. The number of nitrogen functional groups attached to an aromatic ring is 1. The van der Waals surface area contributed by atoms with E-state index >= 15 is 0 Å². The molecule has 1 unspecified atom stereocenters. The fourth-order valence-electron chi connectivity index (χ4n) is 1.55. The van der Waals surface area contributed by atoms with Gasteiger partial charge in [-0.05, 0) is 19.1 Å². The summed E-state index contributed by atoms with van der Waals surface area (Å²) in [6.07, 6.45) is 1.57. The summed E-state index contributed by atoms with van der Waals surface area (Å²) in [5.74, 6) is 5.87. The number of rotatable bonds is 4. The van der Waals surface area contributed by atoms with Crippen molar-refractivity contribution in [2.75, 3.05) is 5.43 Å². The molecule has 0 aromatic carbocycles. The number of anilines is 1. The van der Waals surface area contributed by atoms with E-state index < -0.39 is 0 Å². The topological polar surface area (TPSA) is 124 Å². The summed E-state index contributed by atoms with van der Waals surface area (Å²) >= 11 is 0. The van der Waals surface area contributed by atoms with Crippen molar-refractivity contribution in [1.82, 2.24) is 30.3 Å². The van der Waals surface area contributed by atoms with Crippen LogP contribution in [0.25, 0.3) is 0 Å². The molecule has 1 atom stereocenters. The van der Waals surface area contributed by atoms with Gasteiger partial charge in [0.1, 0.15) is 6.33 Å². The van der Waals surface area contributed by atoms with Gasteiger partial charge in [0.15, 0.2) is 17.3 Å². The van der Waals surface area contributed by atoms with Crippen molar-refractivity contribution >= 4 is 11.7 Å². The van der Waals surface area contributed by atoms with Crippen LogP contribution in [0.4, 0.5) is 5.82 Å². The first-order valence-electron chi connectivity index (χ1n) is 5.57. The fourth-order valence-corrected chi connectivity index (χ4v) is 1.55. The van der Waals surface area contributed by atoms with Gasteiger partial charge in [-0.2, -0.15) is 0 Å². The predicted molar refractivity (Wildman–Crippen MR) is 66.7 cm³/mol. The zero-order valence-corrected chi connectivity index (χ0v) is 10.5. The zero-order chi connectivity index (χ0) is 13.8. The third-order valence-corrected chi connectivity index (χ3v) is 2.53. The number of carbonyl (C=O) groups excluding carboxylic acids is 1. The first-order valence-corrected chi connectivity index (χ1v) is 5.57. The second-order valence-corrected chi connectivity index (χ2v) is 3.94. The van der Waals surface area contributed by atoms with E-state index in [4.69, 9.17) is 5.84 Å². The number of carbonyl (C=O) groups is 1. The smallest absolute Gasteiger partial charge is 0.272 e. The summed E-state index contributed by atoms with van der Waals surface area (Å²) in [5.41, 5.74) is 2.54. The third kappa shape index (κ3) is 2.83. The largest absolute Gasteiger partial charge is 0.341 e. The lowest BCUT2D eigenvalue weighted by atomic mass is 10.3. The molecule has 0 saturated heterocycles. The monoisotopic (exact) mass is 262 g/mol. The number of aryl methyl sites for hydroxylation is 1. The van der Waals surface area contributed by atoms with Gasteiger partial charge in [0.2, 0.25) is 0 Å². The number of nitrogens with zero attached hydrogens (tertiary/aromatic N) is 5. The summed E-state index contributed by atoms with van der Waals surface area (Å²) in [6, 6.07) is 2.81. The van der Waals surface area contributed by atoms with Crippen LogP contribution in [0.15, 0.2) is 18.5 Å². The van der Waals surface area contributed by atoms with Gasteiger partial charge in [-0.1, -0.05) is 0 Å². The van der Waals surface area contributed by atoms with Gasteiger partial charge in [-0.25, -0.2) is 5.84 Å². The Balaban J connectivity index is 2.06. The SMILES string of the molecule is CC(NC(=O)c1ccc(NN)nn1)c1nncn1C. The Morgan fingerprint density at radius 1 is 1.37 bits per heavy atom. The van der Waals surface area contributed by atoms with Crippen LogP contribution in [0.5, 0.6) is 0 Å². The number of nitrogens with one attached hydrogen (secondary N) is 2. The normalized spacial score (nSPS) is 11.9. The Hall–Kier alpha value is -2.55. The summed E-state index contributed by atoms with van der Waals surface area (Å²) < 4.78 is 1.73. The minimum Gasteiger partial charge on any atom is -0.341 e. The van der Waals surface area contributed by atoms with Crippen LogP contribution in [-0.2, 0) is 7.05 Å². The molecule has 4 N–H and O–H groups in total. The molecule has 9 heteroatoms. The molecular weight excluding hydrogens is 248 g/mol. The van der Waals surface area contributed by atoms with E-state index in [9.17, 15) is 4.79 Å². The highest BCUT2D eigenvalue weighted by Crippen LogP contribution is 2.08. The molecule has 0 aliphatic rings. The molecule has 19 heavy (non-hydrogen) atoms. The molecule has 2 aromatic heterocycles. The lowest BCUT2D eigenvalue weighted by Gasteiger charge is -2.12. The maximum absolute atomic E-state index is 11.9. The first kappa shape index (κ1) is 12.9. The first-order chi connectivity index (χ1) is 9.11. The predicted octanol–water partition coefficient (Wildman–Crippen LogP) is -0.618. The number of aromatic nitrogens is 5. The van der Waals surface area contributed by atoms with Gasteiger partial charge >= 0.3 is 0 Å². The van der Waals surface area contributed by atoms with Crippen molar-refractivity contribution in [3.05, 3.63) is 30.0 Å². The van der Waals surface area contributed by atoms with E-state index in [1.54, 1.807) is 24.0 Å². The maximum Gasteiger partial charge on any atom is 0.272 e. The number of nitrogens with two attached hydrogens (primary N) is 1. The molecule has 0 bridgehead atoms. The molecule has 0 radical (unpaired) electrons. The van der Waals surface area contributed by atoms with E-state index in [1.807, 2.05) is 6.92 Å². The summed E-state index contributed by atoms with van der Waals surface area (Å²) in [5, 5.41) is 17.9. The average Bonchev–Trinajstić information content (AvgIpc) is 2.85. The van der Waals surface area contributed by atoms with Crippen LogP contribution >= 0.6 is 0 Å². The zero-order valence-electron chi connectivity index (χ0n) is 10.5. The Bertz CT molecular complexity index is 563. The molecule has 100 valence electrons. The number of amides is 1. The Labute approximate surface area is 109 Å². The lowest BCUT2D eigenvalue weighted by Crippen LogP contribution is -2.29. The van der Waals surface area contributed by atoms with Gasteiger partial charge in [0.25, 0.3) is 5.91 Å². The van der Waals surface area contributed by atoms with Crippen molar-refractivity contribution in [3.8, 4) is 0 Å². The quantitative estimate of drug-likeness (QED) is 0.495.